The Kier molecular flexibility index (Phi) is 3.89. The molecule has 0 saturated heterocycles. The number of nitrogens with one attached hydrogen (secondary N) is 2. The summed E-state index contributed by atoms with van der Waals surface area (Å²) in [5.41, 5.74) is 4.62. The van der Waals surface area contributed by atoms with Gasteiger partial charge in [-0.25, -0.2) is 0 Å². The summed E-state index contributed by atoms with van der Waals surface area (Å²) in [4.78, 5) is 1.21. The van der Waals surface area contributed by atoms with Crippen molar-refractivity contribution in [1.29, 1.82) is 0 Å². The van der Waals surface area contributed by atoms with Gasteiger partial charge in [0.1, 0.15) is 0 Å². The minimum atomic E-state index is 0.751. The minimum Gasteiger partial charge on any atom is -0.381 e. The first-order valence-corrected chi connectivity index (χ1v) is 7.98. The zero-order valence-electron chi connectivity index (χ0n) is 11.0. The van der Waals surface area contributed by atoms with Crippen LogP contribution >= 0.6 is 27.3 Å². The van der Waals surface area contributed by atoms with Crippen LogP contribution in [0.5, 0.6) is 0 Å². The lowest BCUT2D eigenvalue weighted by Crippen LogP contribution is -2.01. The molecule has 0 spiro atoms. The third kappa shape index (κ3) is 2.64. The molecule has 0 atom stereocenters. The first-order chi connectivity index (χ1) is 9.75. The molecule has 0 fully saturated rings. The van der Waals surface area contributed by atoms with E-state index < -0.39 is 0 Å². The summed E-state index contributed by atoms with van der Waals surface area (Å²) in [6.07, 6.45) is 1.88. The fourth-order valence-corrected chi connectivity index (χ4v) is 3.19. The zero-order valence-corrected chi connectivity index (χ0v) is 13.4. The Hall–Kier alpha value is -1.59. The molecule has 0 bridgehead atoms. The number of nitrogens with zero attached hydrogens (tertiary/aromatic N) is 1. The van der Waals surface area contributed by atoms with Gasteiger partial charge in [0.15, 0.2) is 0 Å². The van der Waals surface area contributed by atoms with Crippen LogP contribution in [0.3, 0.4) is 0 Å². The quantitative estimate of drug-likeness (QED) is 0.710. The van der Waals surface area contributed by atoms with E-state index in [1.165, 1.54) is 16.0 Å². The molecule has 3 rings (SSSR count). The highest BCUT2D eigenvalue weighted by molar-refractivity contribution is 9.10. The Morgan fingerprint density at radius 1 is 1.30 bits per heavy atom. The third-order valence-corrected chi connectivity index (χ3v) is 4.97. The summed E-state index contributed by atoms with van der Waals surface area (Å²) in [7, 11) is 0. The molecule has 2 N–H and O–H groups in total. The molecule has 2 aromatic heterocycles. The van der Waals surface area contributed by atoms with Crippen molar-refractivity contribution < 1.29 is 0 Å². The summed E-state index contributed by atoms with van der Waals surface area (Å²) in [6.45, 7) is 2.85. The monoisotopic (exact) mass is 347 g/mol. The predicted molar refractivity (Wildman–Crippen MR) is 88.1 cm³/mol. The van der Waals surface area contributed by atoms with Crippen molar-refractivity contribution in [2.45, 2.75) is 13.5 Å². The largest absolute Gasteiger partial charge is 0.381 e. The van der Waals surface area contributed by atoms with Crippen LogP contribution in [0, 0.1) is 6.92 Å². The number of hydrogen-bond donors (Lipinski definition) is 2. The lowest BCUT2D eigenvalue weighted by atomic mass is 10.2. The topological polar surface area (TPSA) is 40.7 Å². The van der Waals surface area contributed by atoms with E-state index >= 15 is 0 Å². The van der Waals surface area contributed by atoms with Gasteiger partial charge in [-0.3, -0.25) is 5.10 Å². The average molecular weight is 348 g/mol. The Morgan fingerprint density at radius 3 is 3.00 bits per heavy atom. The normalized spacial score (nSPS) is 10.7. The highest BCUT2D eigenvalue weighted by atomic mass is 79.9. The van der Waals surface area contributed by atoms with Crippen molar-refractivity contribution in [1.82, 2.24) is 10.2 Å². The van der Waals surface area contributed by atoms with Crippen molar-refractivity contribution in [2.24, 2.45) is 0 Å². The number of anilines is 1. The average Bonchev–Trinajstić information content (AvgIpc) is 3.10. The van der Waals surface area contributed by atoms with Crippen LogP contribution in [0.25, 0.3) is 10.6 Å². The molecule has 0 unspecified atom stereocenters. The van der Waals surface area contributed by atoms with Crippen LogP contribution in [0.2, 0.25) is 0 Å². The van der Waals surface area contributed by atoms with Crippen molar-refractivity contribution >= 4 is 33.0 Å². The van der Waals surface area contributed by atoms with E-state index in [9.17, 15) is 0 Å². The van der Waals surface area contributed by atoms with Gasteiger partial charge in [-0.15, -0.1) is 11.3 Å². The van der Waals surface area contributed by atoms with E-state index in [1.54, 1.807) is 11.3 Å². The van der Waals surface area contributed by atoms with Crippen molar-refractivity contribution in [3.05, 3.63) is 57.5 Å². The highest BCUT2D eigenvalue weighted by Crippen LogP contribution is 2.28. The van der Waals surface area contributed by atoms with Gasteiger partial charge < -0.3 is 5.32 Å². The van der Waals surface area contributed by atoms with E-state index in [2.05, 4.69) is 68.0 Å². The number of aromatic amines is 1. The standard InChI is InChI=1S/C15H14BrN3S/c1-10-12(16)4-2-5-13(10)17-8-11-9-18-19-15(11)14-6-3-7-20-14/h2-7,9,17H,8H2,1H3,(H,18,19). The Balaban J connectivity index is 1.80. The van der Waals surface area contributed by atoms with Crippen molar-refractivity contribution in [3.63, 3.8) is 0 Å². The van der Waals surface area contributed by atoms with Gasteiger partial charge in [0.25, 0.3) is 0 Å². The maximum Gasteiger partial charge on any atom is 0.0799 e. The summed E-state index contributed by atoms with van der Waals surface area (Å²) in [6, 6.07) is 10.3. The maximum atomic E-state index is 4.16. The SMILES string of the molecule is Cc1c(Br)cccc1NCc1cn[nH]c1-c1cccs1. The molecule has 2 heterocycles. The maximum absolute atomic E-state index is 4.16. The Morgan fingerprint density at radius 2 is 2.20 bits per heavy atom. The van der Waals surface area contributed by atoms with Crippen LogP contribution in [-0.2, 0) is 6.54 Å². The zero-order chi connectivity index (χ0) is 13.9. The molecule has 0 saturated carbocycles. The number of benzene rings is 1. The number of thiophene rings is 1. The molecule has 20 heavy (non-hydrogen) atoms. The third-order valence-electron chi connectivity index (χ3n) is 3.22. The van der Waals surface area contributed by atoms with Crippen molar-refractivity contribution in [3.8, 4) is 10.6 Å². The molecule has 3 aromatic rings. The number of halogens is 1. The van der Waals surface area contributed by atoms with Crippen LogP contribution in [0.4, 0.5) is 5.69 Å². The first kappa shape index (κ1) is 13.4. The predicted octanol–water partition coefficient (Wildman–Crippen LogP) is 4.82. The van der Waals surface area contributed by atoms with E-state index in [-0.39, 0.29) is 0 Å². The second kappa shape index (κ2) is 5.81. The first-order valence-electron chi connectivity index (χ1n) is 6.31. The number of hydrogen-bond acceptors (Lipinski definition) is 3. The lowest BCUT2D eigenvalue weighted by molar-refractivity contribution is 1.10. The Bertz CT molecular complexity index is 704. The van der Waals surface area contributed by atoms with E-state index in [4.69, 9.17) is 0 Å². The highest BCUT2D eigenvalue weighted by Gasteiger charge is 2.09. The fourth-order valence-electron chi connectivity index (χ4n) is 2.07. The molecular weight excluding hydrogens is 334 g/mol. The van der Waals surface area contributed by atoms with Gasteiger partial charge >= 0.3 is 0 Å². The number of H-pyrrole nitrogens is 1. The molecule has 5 heteroatoms. The van der Waals surface area contributed by atoms with Crippen LogP contribution in [-0.4, -0.2) is 10.2 Å². The summed E-state index contributed by atoms with van der Waals surface area (Å²) in [5.74, 6) is 0. The molecule has 3 nitrogen and oxygen atoms in total. The van der Waals surface area contributed by atoms with Gasteiger partial charge in [-0.05, 0) is 36.1 Å². The minimum absolute atomic E-state index is 0.751. The van der Waals surface area contributed by atoms with Gasteiger partial charge in [0, 0.05) is 22.3 Å². The molecular formula is C15H14BrN3S. The van der Waals surface area contributed by atoms with Gasteiger partial charge in [0.05, 0.1) is 16.8 Å². The Labute approximate surface area is 130 Å². The molecule has 0 radical (unpaired) electrons. The van der Waals surface area contributed by atoms with E-state index in [1.807, 2.05) is 12.3 Å². The summed E-state index contributed by atoms with van der Waals surface area (Å²) >= 11 is 5.27. The number of rotatable bonds is 4. The second-order valence-corrected chi connectivity index (χ2v) is 6.32. The molecule has 102 valence electrons. The number of aromatic nitrogens is 2. The summed E-state index contributed by atoms with van der Waals surface area (Å²) in [5, 5.41) is 12.8. The molecule has 0 amide bonds. The van der Waals surface area contributed by atoms with Crippen LogP contribution in [0.15, 0.2) is 46.4 Å². The molecule has 0 aliphatic heterocycles. The van der Waals surface area contributed by atoms with Crippen LogP contribution in [0.1, 0.15) is 11.1 Å². The van der Waals surface area contributed by atoms with Crippen LogP contribution < -0.4 is 5.32 Å². The molecule has 1 aromatic carbocycles. The molecule has 0 aliphatic carbocycles. The van der Waals surface area contributed by atoms with Crippen molar-refractivity contribution in [2.75, 3.05) is 5.32 Å². The molecule has 0 aliphatic rings. The van der Waals surface area contributed by atoms with Gasteiger partial charge in [-0.1, -0.05) is 28.1 Å². The lowest BCUT2D eigenvalue weighted by Gasteiger charge is -2.10. The smallest absolute Gasteiger partial charge is 0.0799 e. The van der Waals surface area contributed by atoms with E-state index in [0.29, 0.717) is 0 Å². The fraction of sp³-hybridized carbons (Fsp3) is 0.133. The van der Waals surface area contributed by atoms with Gasteiger partial charge in [-0.2, -0.15) is 5.10 Å². The van der Waals surface area contributed by atoms with E-state index in [0.717, 1.165) is 22.4 Å². The summed E-state index contributed by atoms with van der Waals surface area (Å²) < 4.78 is 1.12. The van der Waals surface area contributed by atoms with Gasteiger partial charge in [0.2, 0.25) is 0 Å². The second-order valence-electron chi connectivity index (χ2n) is 4.51.